The fraction of sp³-hybridized carbons (Fsp3) is 0.360. The van der Waals surface area contributed by atoms with Gasteiger partial charge in [-0.1, -0.05) is 0 Å². The molecule has 1 amide bonds. The molecule has 0 unspecified atom stereocenters. The molecule has 32 heavy (non-hydrogen) atoms. The summed E-state index contributed by atoms with van der Waals surface area (Å²) >= 11 is 0. The van der Waals surface area contributed by atoms with Gasteiger partial charge in [0.1, 0.15) is 5.82 Å². The first-order chi connectivity index (χ1) is 15.8. The number of rotatable bonds is 4. The van der Waals surface area contributed by atoms with Crippen molar-refractivity contribution in [2.75, 3.05) is 19.9 Å². The van der Waals surface area contributed by atoms with E-state index in [0.717, 1.165) is 35.5 Å². The summed E-state index contributed by atoms with van der Waals surface area (Å²) in [5.74, 6) is 3.15. The van der Waals surface area contributed by atoms with Gasteiger partial charge in [0, 0.05) is 54.6 Å². The van der Waals surface area contributed by atoms with Crippen LogP contribution in [0.15, 0.2) is 48.9 Å². The van der Waals surface area contributed by atoms with Crippen molar-refractivity contribution >= 4 is 5.91 Å². The number of carbonyl (C=O) groups excluding carboxylic acids is 1. The molecule has 162 valence electrons. The van der Waals surface area contributed by atoms with Gasteiger partial charge in [0.05, 0.1) is 5.69 Å². The van der Waals surface area contributed by atoms with Crippen LogP contribution in [0, 0.1) is 0 Å². The molecule has 1 saturated carbocycles. The number of aromatic nitrogens is 3. The Morgan fingerprint density at radius 2 is 1.72 bits per heavy atom. The Labute approximate surface area is 186 Å². The number of nitrogens with zero attached hydrogens (tertiary/aromatic N) is 4. The van der Waals surface area contributed by atoms with Gasteiger partial charge >= 0.3 is 0 Å². The van der Waals surface area contributed by atoms with Crippen molar-refractivity contribution in [2.45, 2.75) is 37.5 Å². The van der Waals surface area contributed by atoms with Gasteiger partial charge in [-0.3, -0.25) is 9.78 Å². The molecule has 1 aromatic carbocycles. The van der Waals surface area contributed by atoms with E-state index >= 15 is 0 Å². The minimum atomic E-state index is 0.0393. The molecule has 1 saturated heterocycles. The second kappa shape index (κ2) is 7.89. The van der Waals surface area contributed by atoms with E-state index in [2.05, 4.69) is 9.97 Å². The fourth-order valence-electron chi connectivity index (χ4n) is 4.58. The summed E-state index contributed by atoms with van der Waals surface area (Å²) in [5, 5.41) is 0. The van der Waals surface area contributed by atoms with Gasteiger partial charge in [-0.25, -0.2) is 9.97 Å². The zero-order valence-electron chi connectivity index (χ0n) is 17.7. The van der Waals surface area contributed by atoms with Crippen molar-refractivity contribution in [3.8, 4) is 22.6 Å². The fourth-order valence-corrected chi connectivity index (χ4v) is 4.58. The van der Waals surface area contributed by atoms with Crippen LogP contribution >= 0.6 is 0 Å². The highest BCUT2D eigenvalue weighted by molar-refractivity contribution is 5.95. The smallest absolute Gasteiger partial charge is 0.253 e. The second-order valence-electron chi connectivity index (χ2n) is 8.67. The highest BCUT2D eigenvalue weighted by Gasteiger charge is 2.31. The number of fused-ring (bicyclic) bond motifs is 1. The summed E-state index contributed by atoms with van der Waals surface area (Å²) < 4.78 is 10.8. The van der Waals surface area contributed by atoms with E-state index in [1.165, 1.54) is 12.8 Å². The summed E-state index contributed by atoms with van der Waals surface area (Å²) in [5.41, 5.74) is 3.93. The maximum Gasteiger partial charge on any atom is 0.253 e. The molecule has 1 aliphatic carbocycles. The molecule has 0 N–H and O–H groups in total. The molecule has 2 fully saturated rings. The van der Waals surface area contributed by atoms with Gasteiger partial charge in [0.15, 0.2) is 11.5 Å². The van der Waals surface area contributed by atoms with E-state index in [9.17, 15) is 4.79 Å². The van der Waals surface area contributed by atoms with Crippen molar-refractivity contribution in [3.63, 3.8) is 0 Å². The lowest BCUT2D eigenvalue weighted by molar-refractivity contribution is 0.0711. The summed E-state index contributed by atoms with van der Waals surface area (Å²) in [4.78, 5) is 28.9. The van der Waals surface area contributed by atoms with Crippen LogP contribution in [-0.2, 0) is 0 Å². The maximum atomic E-state index is 13.1. The quantitative estimate of drug-likeness (QED) is 0.621. The molecule has 0 bridgehead atoms. The van der Waals surface area contributed by atoms with E-state index < -0.39 is 0 Å². The number of carbonyl (C=O) groups is 1. The van der Waals surface area contributed by atoms with Crippen LogP contribution in [0.25, 0.3) is 11.1 Å². The van der Waals surface area contributed by atoms with Gasteiger partial charge in [-0.05, 0) is 61.6 Å². The molecule has 2 aromatic heterocycles. The zero-order valence-corrected chi connectivity index (χ0v) is 17.7. The molecule has 3 aromatic rings. The van der Waals surface area contributed by atoms with E-state index in [-0.39, 0.29) is 12.7 Å². The number of hydrogen-bond acceptors (Lipinski definition) is 6. The molecule has 0 radical (unpaired) electrons. The topological polar surface area (TPSA) is 77.4 Å². The molecule has 6 rings (SSSR count). The third-order valence-electron chi connectivity index (χ3n) is 6.56. The number of amides is 1. The number of likely N-dealkylation sites (tertiary alicyclic amines) is 1. The van der Waals surface area contributed by atoms with Crippen LogP contribution < -0.4 is 9.47 Å². The Kier molecular flexibility index (Phi) is 4.74. The largest absolute Gasteiger partial charge is 0.454 e. The van der Waals surface area contributed by atoms with Crippen molar-refractivity contribution in [1.29, 1.82) is 0 Å². The number of pyridine rings is 1. The van der Waals surface area contributed by atoms with E-state index in [4.69, 9.17) is 14.5 Å². The predicted octanol–water partition coefficient (Wildman–Crippen LogP) is 4.16. The van der Waals surface area contributed by atoms with Gasteiger partial charge < -0.3 is 14.4 Å². The molecule has 0 spiro atoms. The molecular weight excluding hydrogens is 404 g/mol. The van der Waals surface area contributed by atoms with Gasteiger partial charge in [-0.2, -0.15) is 0 Å². The molecule has 7 nitrogen and oxygen atoms in total. The number of piperidine rings is 1. The third kappa shape index (κ3) is 3.57. The lowest BCUT2D eigenvalue weighted by Crippen LogP contribution is -2.38. The van der Waals surface area contributed by atoms with Crippen molar-refractivity contribution in [2.24, 2.45) is 0 Å². The Morgan fingerprint density at radius 1 is 0.938 bits per heavy atom. The molecule has 3 aliphatic rings. The lowest BCUT2D eigenvalue weighted by atomic mass is 9.88. The van der Waals surface area contributed by atoms with Crippen LogP contribution in [0.2, 0.25) is 0 Å². The molecule has 4 heterocycles. The molecule has 0 atom stereocenters. The maximum absolute atomic E-state index is 13.1. The van der Waals surface area contributed by atoms with Crippen LogP contribution in [-0.4, -0.2) is 45.6 Å². The van der Waals surface area contributed by atoms with Gasteiger partial charge in [0.25, 0.3) is 5.91 Å². The average Bonchev–Trinajstić information content (AvgIpc) is 3.61. The predicted molar refractivity (Wildman–Crippen MR) is 118 cm³/mol. The first-order valence-electron chi connectivity index (χ1n) is 11.2. The number of ether oxygens (including phenoxy) is 2. The Balaban J connectivity index is 1.22. The summed E-state index contributed by atoms with van der Waals surface area (Å²) in [7, 11) is 0. The normalized spacial score (nSPS) is 18.1. The highest BCUT2D eigenvalue weighted by Crippen LogP contribution is 2.41. The third-order valence-corrected chi connectivity index (χ3v) is 6.56. The molecular formula is C25H24N4O3. The Hall–Kier alpha value is -3.48. The first kappa shape index (κ1) is 19.2. The van der Waals surface area contributed by atoms with Gasteiger partial charge in [-0.15, -0.1) is 0 Å². The highest BCUT2D eigenvalue weighted by atomic mass is 16.7. The van der Waals surface area contributed by atoms with Crippen LogP contribution in [0.1, 0.15) is 59.4 Å². The monoisotopic (exact) mass is 428 g/mol. The molecule has 7 heteroatoms. The van der Waals surface area contributed by atoms with Crippen molar-refractivity contribution in [3.05, 3.63) is 66.0 Å². The Morgan fingerprint density at radius 3 is 2.50 bits per heavy atom. The summed E-state index contributed by atoms with van der Waals surface area (Å²) in [6, 6.07) is 9.43. The van der Waals surface area contributed by atoms with Crippen LogP contribution in [0.3, 0.4) is 0 Å². The van der Waals surface area contributed by atoms with E-state index in [0.29, 0.717) is 42.0 Å². The summed E-state index contributed by atoms with van der Waals surface area (Å²) in [6.45, 7) is 1.62. The van der Waals surface area contributed by atoms with Crippen LogP contribution in [0.5, 0.6) is 11.5 Å². The van der Waals surface area contributed by atoms with Crippen molar-refractivity contribution < 1.29 is 14.3 Å². The lowest BCUT2D eigenvalue weighted by Gasteiger charge is -2.32. The minimum absolute atomic E-state index is 0.0393. The summed E-state index contributed by atoms with van der Waals surface area (Å²) in [6.07, 6.45) is 9.72. The first-order valence-corrected chi connectivity index (χ1v) is 11.2. The Bertz CT molecular complexity index is 1160. The minimum Gasteiger partial charge on any atom is -0.454 e. The molecule has 2 aliphatic heterocycles. The SMILES string of the molecule is O=C(c1ccc2c(c1)OCO2)N1CCC(c2nc(C3CC3)ncc2-c2ccncc2)CC1. The van der Waals surface area contributed by atoms with Crippen LogP contribution in [0.4, 0.5) is 0 Å². The zero-order chi connectivity index (χ0) is 21.5. The van der Waals surface area contributed by atoms with Crippen molar-refractivity contribution in [1.82, 2.24) is 19.9 Å². The average molecular weight is 428 g/mol. The van der Waals surface area contributed by atoms with E-state index in [1.54, 1.807) is 18.5 Å². The van der Waals surface area contributed by atoms with E-state index in [1.807, 2.05) is 35.4 Å². The number of benzene rings is 1. The number of hydrogen-bond donors (Lipinski definition) is 0. The standard InChI is InChI=1S/C25H24N4O3/c30-25(19-3-4-21-22(13-19)32-15-31-21)29-11-7-17(8-12-29)23-20(16-5-9-26-10-6-16)14-27-24(28-23)18-1-2-18/h3-6,9-10,13-14,17-18H,1-2,7-8,11-12,15H2. The van der Waals surface area contributed by atoms with Gasteiger partial charge in [0.2, 0.25) is 6.79 Å². The second-order valence-corrected chi connectivity index (χ2v) is 8.67.